The van der Waals surface area contributed by atoms with Crippen LogP contribution in [0.2, 0.25) is 0 Å². The van der Waals surface area contributed by atoms with Gasteiger partial charge in [-0.05, 0) is 40.0 Å². The van der Waals surface area contributed by atoms with Gasteiger partial charge in [0, 0.05) is 25.7 Å². The van der Waals surface area contributed by atoms with Gasteiger partial charge >= 0.3 is 0 Å². The summed E-state index contributed by atoms with van der Waals surface area (Å²) in [5.41, 5.74) is 0.0234. The average molecular weight is 411 g/mol. The van der Waals surface area contributed by atoms with Gasteiger partial charge in [-0.2, -0.15) is 0 Å². The summed E-state index contributed by atoms with van der Waals surface area (Å²) in [6.07, 6.45) is 7.29. The minimum Gasteiger partial charge on any atom is -0.373 e. The molecule has 1 aliphatic rings. The number of hydrogen-bond acceptors (Lipinski definition) is 2. The summed E-state index contributed by atoms with van der Waals surface area (Å²) in [4.78, 5) is 4.31. The second kappa shape index (κ2) is 9.87. The molecule has 21 heavy (non-hydrogen) atoms. The summed E-state index contributed by atoms with van der Waals surface area (Å²) in [6, 6.07) is 0. The molecule has 0 amide bonds. The Morgan fingerprint density at radius 2 is 1.81 bits per heavy atom. The fraction of sp³-hybridized carbons (Fsp3) is 0.938. The maximum Gasteiger partial charge on any atom is 0.191 e. The van der Waals surface area contributed by atoms with Crippen LogP contribution in [0.25, 0.3) is 0 Å². The highest BCUT2D eigenvalue weighted by atomic mass is 127. The van der Waals surface area contributed by atoms with E-state index < -0.39 is 0 Å². The second-order valence-electron chi connectivity index (χ2n) is 6.89. The first-order chi connectivity index (χ1) is 9.41. The summed E-state index contributed by atoms with van der Waals surface area (Å²) < 4.78 is 6.20. The fourth-order valence-corrected chi connectivity index (χ4v) is 2.67. The average Bonchev–Trinajstić information content (AvgIpc) is 2.41. The normalized spacial score (nSPS) is 18.8. The van der Waals surface area contributed by atoms with Gasteiger partial charge < -0.3 is 15.4 Å². The van der Waals surface area contributed by atoms with Crippen molar-refractivity contribution in [1.29, 1.82) is 0 Å². The Bertz CT molecular complexity index is 307. The van der Waals surface area contributed by atoms with E-state index in [0.717, 1.165) is 38.4 Å². The monoisotopic (exact) mass is 411 g/mol. The fourth-order valence-electron chi connectivity index (χ4n) is 2.67. The van der Waals surface area contributed by atoms with Crippen LogP contribution in [0, 0.1) is 0 Å². The van der Waals surface area contributed by atoms with Crippen molar-refractivity contribution in [3.05, 3.63) is 0 Å². The topological polar surface area (TPSA) is 45.6 Å². The number of guanidine groups is 1. The highest BCUT2D eigenvalue weighted by Crippen LogP contribution is 2.31. The molecule has 1 aliphatic carbocycles. The van der Waals surface area contributed by atoms with Gasteiger partial charge in [-0.25, -0.2) is 0 Å². The standard InChI is InChI=1S/C16H33N3O.HI/c1-6-12-20-16(10-8-7-9-11-16)13-18-14(17-5)19-15(2,3)4;/h6-13H2,1-5H3,(H2,17,18,19);1H. The van der Waals surface area contributed by atoms with Gasteiger partial charge in [0.15, 0.2) is 5.96 Å². The van der Waals surface area contributed by atoms with Gasteiger partial charge in [0.25, 0.3) is 0 Å². The maximum absolute atomic E-state index is 6.20. The molecular formula is C16H34IN3O. The SMILES string of the molecule is CCCOC1(CNC(=NC)NC(C)(C)C)CCCCC1.I. The molecule has 0 saturated heterocycles. The smallest absolute Gasteiger partial charge is 0.191 e. The first-order valence-corrected chi connectivity index (χ1v) is 8.03. The molecule has 0 aromatic carbocycles. The van der Waals surface area contributed by atoms with E-state index in [2.05, 4.69) is 43.3 Å². The number of aliphatic imine (C=N–C) groups is 1. The first-order valence-electron chi connectivity index (χ1n) is 8.03. The Balaban J connectivity index is 0.00000400. The molecule has 0 aromatic heterocycles. The third-order valence-corrected chi connectivity index (χ3v) is 3.67. The molecule has 2 N–H and O–H groups in total. The van der Waals surface area contributed by atoms with Gasteiger partial charge in [0.2, 0.25) is 0 Å². The number of halogens is 1. The zero-order valence-electron chi connectivity index (χ0n) is 14.4. The van der Waals surface area contributed by atoms with Crippen molar-refractivity contribution in [1.82, 2.24) is 10.6 Å². The van der Waals surface area contributed by atoms with Crippen molar-refractivity contribution in [3.63, 3.8) is 0 Å². The molecule has 0 bridgehead atoms. The third-order valence-electron chi connectivity index (χ3n) is 3.67. The molecule has 1 saturated carbocycles. The van der Waals surface area contributed by atoms with E-state index in [1.54, 1.807) is 0 Å². The van der Waals surface area contributed by atoms with Crippen molar-refractivity contribution in [3.8, 4) is 0 Å². The summed E-state index contributed by atoms with van der Waals surface area (Å²) in [5, 5.41) is 6.86. The molecule has 0 spiro atoms. The number of nitrogens with zero attached hydrogens (tertiary/aromatic N) is 1. The molecule has 1 fully saturated rings. The largest absolute Gasteiger partial charge is 0.373 e. The molecule has 0 radical (unpaired) electrons. The number of hydrogen-bond donors (Lipinski definition) is 2. The van der Waals surface area contributed by atoms with E-state index in [0.29, 0.717) is 0 Å². The summed E-state index contributed by atoms with van der Waals surface area (Å²) in [5.74, 6) is 0.863. The Morgan fingerprint density at radius 3 is 2.29 bits per heavy atom. The van der Waals surface area contributed by atoms with Gasteiger partial charge in [-0.15, -0.1) is 24.0 Å². The van der Waals surface area contributed by atoms with Gasteiger partial charge in [0.1, 0.15) is 0 Å². The van der Waals surface area contributed by atoms with Crippen molar-refractivity contribution in [2.75, 3.05) is 20.2 Å². The molecule has 0 aliphatic heterocycles. The Labute approximate surface area is 147 Å². The molecule has 126 valence electrons. The lowest BCUT2D eigenvalue weighted by atomic mass is 9.84. The molecular weight excluding hydrogens is 377 g/mol. The van der Waals surface area contributed by atoms with Crippen LogP contribution in [-0.2, 0) is 4.74 Å². The van der Waals surface area contributed by atoms with Crippen molar-refractivity contribution >= 4 is 29.9 Å². The Morgan fingerprint density at radius 1 is 1.19 bits per heavy atom. The summed E-state index contributed by atoms with van der Waals surface area (Å²) in [6.45, 7) is 10.3. The number of ether oxygens (including phenoxy) is 1. The minimum absolute atomic E-state index is 0. The third kappa shape index (κ3) is 8.24. The molecule has 4 nitrogen and oxygen atoms in total. The van der Waals surface area contributed by atoms with Crippen LogP contribution >= 0.6 is 24.0 Å². The molecule has 0 atom stereocenters. The van der Waals surface area contributed by atoms with Gasteiger partial charge in [-0.3, -0.25) is 4.99 Å². The highest BCUT2D eigenvalue weighted by Gasteiger charge is 2.33. The lowest BCUT2D eigenvalue weighted by molar-refractivity contribution is -0.0657. The second-order valence-corrected chi connectivity index (χ2v) is 6.89. The zero-order valence-corrected chi connectivity index (χ0v) is 16.8. The molecule has 0 heterocycles. The van der Waals surface area contributed by atoms with Crippen molar-refractivity contribution in [2.45, 2.75) is 77.4 Å². The van der Waals surface area contributed by atoms with Crippen LogP contribution in [0.1, 0.15) is 66.2 Å². The Kier molecular flexibility index (Phi) is 9.85. The van der Waals surface area contributed by atoms with Crippen molar-refractivity contribution in [2.24, 2.45) is 4.99 Å². The van der Waals surface area contributed by atoms with Gasteiger partial charge in [0.05, 0.1) is 5.60 Å². The maximum atomic E-state index is 6.20. The van der Waals surface area contributed by atoms with Crippen LogP contribution < -0.4 is 10.6 Å². The van der Waals surface area contributed by atoms with E-state index in [9.17, 15) is 0 Å². The van der Waals surface area contributed by atoms with E-state index >= 15 is 0 Å². The highest BCUT2D eigenvalue weighted by molar-refractivity contribution is 14.0. The lowest BCUT2D eigenvalue weighted by Crippen LogP contribution is -2.53. The predicted molar refractivity (Wildman–Crippen MR) is 102 cm³/mol. The molecule has 1 rings (SSSR count). The van der Waals surface area contributed by atoms with Crippen LogP contribution in [0.4, 0.5) is 0 Å². The van der Waals surface area contributed by atoms with Crippen molar-refractivity contribution < 1.29 is 4.74 Å². The number of rotatable bonds is 5. The van der Waals surface area contributed by atoms with E-state index in [-0.39, 0.29) is 35.1 Å². The molecule has 0 aromatic rings. The van der Waals surface area contributed by atoms with E-state index in [1.807, 2.05) is 7.05 Å². The van der Waals surface area contributed by atoms with Gasteiger partial charge in [-0.1, -0.05) is 26.2 Å². The predicted octanol–water partition coefficient (Wildman–Crippen LogP) is 3.70. The zero-order chi connectivity index (χ0) is 15.1. The quantitative estimate of drug-likeness (QED) is 0.412. The summed E-state index contributed by atoms with van der Waals surface area (Å²) >= 11 is 0. The van der Waals surface area contributed by atoms with Crippen LogP contribution in [0.3, 0.4) is 0 Å². The van der Waals surface area contributed by atoms with E-state index in [1.165, 1.54) is 19.3 Å². The number of nitrogens with one attached hydrogen (secondary N) is 2. The van der Waals surface area contributed by atoms with Crippen LogP contribution in [0.5, 0.6) is 0 Å². The summed E-state index contributed by atoms with van der Waals surface area (Å²) in [7, 11) is 1.82. The minimum atomic E-state index is 0. The van der Waals surface area contributed by atoms with Crippen LogP contribution in [-0.4, -0.2) is 37.3 Å². The Hall–Kier alpha value is -0.0400. The first kappa shape index (κ1) is 21.0. The molecule has 5 heteroatoms. The van der Waals surface area contributed by atoms with Crippen LogP contribution in [0.15, 0.2) is 4.99 Å². The lowest BCUT2D eigenvalue weighted by Gasteiger charge is -2.38. The molecule has 0 unspecified atom stereocenters. The van der Waals surface area contributed by atoms with E-state index in [4.69, 9.17) is 4.74 Å².